The first-order valence-corrected chi connectivity index (χ1v) is 10.4. The van der Waals surface area contributed by atoms with Gasteiger partial charge in [-0.1, -0.05) is 108 Å². The molecule has 2 nitrogen and oxygen atoms in total. The quantitative estimate of drug-likeness (QED) is 0.250. The Morgan fingerprint density at radius 3 is 2.00 bits per heavy atom. The van der Waals surface area contributed by atoms with E-state index in [4.69, 9.17) is 24.4 Å². The van der Waals surface area contributed by atoms with E-state index in [1.165, 1.54) is 0 Å². The van der Waals surface area contributed by atoms with Gasteiger partial charge in [-0.3, -0.25) is 9.59 Å². The Labute approximate surface area is 179 Å². The van der Waals surface area contributed by atoms with Crippen LogP contribution in [-0.4, -0.2) is 26.6 Å². The van der Waals surface area contributed by atoms with Crippen LogP contribution in [0.3, 0.4) is 0 Å². The van der Waals surface area contributed by atoms with E-state index in [1.54, 1.807) is 35.0 Å². The molecule has 0 aliphatic heterocycles. The van der Waals surface area contributed by atoms with Gasteiger partial charge in [-0.2, -0.15) is 0 Å². The number of Topliss-reactive ketones (excluding diaryl/α,β-unsaturated/α-hetero) is 2. The van der Waals surface area contributed by atoms with E-state index in [-0.39, 0.29) is 23.4 Å². The predicted octanol–water partition coefficient (Wildman–Crippen LogP) is 5.92. The van der Waals surface area contributed by atoms with Gasteiger partial charge in [0.1, 0.15) is 0 Å². The molecule has 0 aromatic heterocycles. The molecule has 0 fully saturated rings. The van der Waals surface area contributed by atoms with Crippen molar-refractivity contribution in [3.8, 4) is 0 Å². The van der Waals surface area contributed by atoms with Crippen molar-refractivity contribution in [3.63, 3.8) is 0 Å². The zero-order valence-corrected chi connectivity index (χ0v) is 18.2. The molecule has 27 heavy (non-hydrogen) atoms. The number of ketones is 2. The number of alkyl halides is 1. The molecule has 0 N–H and O–H groups in total. The monoisotopic (exact) mass is 460 g/mol. The van der Waals surface area contributed by atoms with Crippen LogP contribution in [0.1, 0.15) is 40.5 Å². The van der Waals surface area contributed by atoms with Gasteiger partial charge in [0.25, 0.3) is 0 Å². The molecule has 0 amide bonds. The second kappa shape index (κ2) is 10.1. The van der Waals surface area contributed by atoms with Crippen LogP contribution in [0.4, 0.5) is 0 Å². The Kier molecular flexibility index (Phi) is 8.14. The minimum Gasteiger partial charge on any atom is -0.294 e. The van der Waals surface area contributed by atoms with E-state index < -0.39 is 4.32 Å². The van der Waals surface area contributed by atoms with Gasteiger partial charge < -0.3 is 0 Å². The third kappa shape index (κ3) is 5.47. The molecule has 2 aromatic rings. The van der Waals surface area contributed by atoms with Gasteiger partial charge in [0, 0.05) is 17.0 Å². The standard InChI is InChI=1S/C22H21BrO2S2/c1-16(20(24)17-8-4-2-5-9-17)19(15-27)14-22(23,12-13-26)21(25)18-10-6-3-7-11-18/h2-11,13,15-16,19H,12,14H2,1H3. The lowest BCUT2D eigenvalue weighted by Crippen LogP contribution is -2.38. The van der Waals surface area contributed by atoms with Gasteiger partial charge in [0.2, 0.25) is 0 Å². The van der Waals surface area contributed by atoms with Gasteiger partial charge in [0.05, 0.1) is 4.32 Å². The summed E-state index contributed by atoms with van der Waals surface area (Å²) in [6.07, 6.45) is 0.777. The number of carbonyl (C=O) groups excluding carboxylic acids is 2. The third-order valence-electron chi connectivity index (χ3n) is 4.70. The molecule has 0 spiro atoms. The normalized spacial score (nSPS) is 15.2. The highest BCUT2D eigenvalue weighted by molar-refractivity contribution is 9.10. The molecule has 140 valence electrons. The number of hydrogen-bond donors (Lipinski definition) is 0. The summed E-state index contributed by atoms with van der Waals surface area (Å²) >= 11 is 13.9. The number of halogens is 1. The highest BCUT2D eigenvalue weighted by Crippen LogP contribution is 2.36. The summed E-state index contributed by atoms with van der Waals surface area (Å²) in [6, 6.07) is 18.2. The van der Waals surface area contributed by atoms with E-state index in [9.17, 15) is 9.59 Å². The van der Waals surface area contributed by atoms with Crippen molar-refractivity contribution >= 4 is 62.7 Å². The molecule has 3 unspecified atom stereocenters. The van der Waals surface area contributed by atoms with Crippen LogP contribution in [0.15, 0.2) is 60.7 Å². The van der Waals surface area contributed by atoms with Crippen molar-refractivity contribution in [3.05, 3.63) is 71.8 Å². The average molecular weight is 461 g/mol. The maximum Gasteiger partial charge on any atom is 0.179 e. The second-order valence-electron chi connectivity index (χ2n) is 6.55. The first-order valence-electron chi connectivity index (χ1n) is 8.70. The fourth-order valence-corrected chi connectivity index (χ4v) is 4.62. The summed E-state index contributed by atoms with van der Waals surface area (Å²) in [6.45, 7) is 1.86. The number of benzene rings is 2. The van der Waals surface area contributed by atoms with E-state index in [1.807, 2.05) is 43.3 Å². The topological polar surface area (TPSA) is 34.1 Å². The Hall–Kier alpha value is -1.56. The minimum absolute atomic E-state index is 0.0195. The van der Waals surface area contributed by atoms with Gasteiger partial charge in [0.15, 0.2) is 11.6 Å². The van der Waals surface area contributed by atoms with Gasteiger partial charge >= 0.3 is 0 Å². The summed E-state index contributed by atoms with van der Waals surface area (Å²) in [5.41, 5.74) is 1.26. The Bertz CT molecular complexity index is 808. The van der Waals surface area contributed by atoms with Crippen molar-refractivity contribution in [1.29, 1.82) is 0 Å². The smallest absolute Gasteiger partial charge is 0.179 e. The van der Waals surface area contributed by atoms with Crippen LogP contribution in [0, 0.1) is 11.8 Å². The first-order chi connectivity index (χ1) is 12.9. The molecular formula is C22H21BrO2S2. The number of rotatable bonds is 10. The fourth-order valence-electron chi connectivity index (χ4n) is 3.03. The molecule has 2 aromatic carbocycles. The van der Waals surface area contributed by atoms with Crippen molar-refractivity contribution in [2.75, 3.05) is 0 Å². The second-order valence-corrected chi connectivity index (χ2v) is 8.68. The lowest BCUT2D eigenvalue weighted by Gasteiger charge is -2.30. The van der Waals surface area contributed by atoms with Gasteiger partial charge in [-0.15, -0.1) is 0 Å². The molecule has 0 saturated carbocycles. The highest BCUT2D eigenvalue weighted by Gasteiger charge is 2.39. The molecule has 0 heterocycles. The van der Waals surface area contributed by atoms with Gasteiger partial charge in [-0.25, -0.2) is 0 Å². The number of thiocarbonyl (C=S) groups is 2. The summed E-state index contributed by atoms with van der Waals surface area (Å²) in [7, 11) is 0. The molecule has 2 rings (SSSR count). The van der Waals surface area contributed by atoms with E-state index in [0.717, 1.165) is 0 Å². The van der Waals surface area contributed by atoms with Crippen LogP contribution in [0.2, 0.25) is 0 Å². The molecule has 0 aliphatic carbocycles. The Morgan fingerprint density at radius 2 is 1.52 bits per heavy atom. The molecule has 5 heteroatoms. The maximum atomic E-state index is 13.1. The maximum absolute atomic E-state index is 13.1. The Balaban J connectivity index is 2.26. The molecular weight excluding hydrogens is 440 g/mol. The van der Waals surface area contributed by atoms with Crippen molar-refractivity contribution in [1.82, 2.24) is 0 Å². The molecule has 0 radical (unpaired) electrons. The van der Waals surface area contributed by atoms with Crippen molar-refractivity contribution < 1.29 is 9.59 Å². The zero-order chi connectivity index (χ0) is 19.9. The molecule has 0 aliphatic rings. The molecule has 3 atom stereocenters. The van der Waals surface area contributed by atoms with E-state index in [2.05, 4.69) is 15.9 Å². The van der Waals surface area contributed by atoms with Crippen LogP contribution in [0.5, 0.6) is 0 Å². The minimum atomic E-state index is -0.888. The summed E-state index contributed by atoms with van der Waals surface area (Å²) in [4.78, 5) is 26.0. The number of hydrogen-bond acceptors (Lipinski definition) is 4. The van der Waals surface area contributed by atoms with Crippen molar-refractivity contribution in [2.24, 2.45) is 11.8 Å². The Morgan fingerprint density at radius 1 is 1.00 bits per heavy atom. The third-order valence-corrected chi connectivity index (χ3v) is 6.22. The zero-order valence-electron chi connectivity index (χ0n) is 15.0. The van der Waals surface area contributed by atoms with Crippen molar-refractivity contribution in [2.45, 2.75) is 24.1 Å². The van der Waals surface area contributed by atoms with Crippen LogP contribution in [0.25, 0.3) is 0 Å². The van der Waals surface area contributed by atoms with Crippen LogP contribution in [-0.2, 0) is 0 Å². The molecule has 0 saturated heterocycles. The van der Waals surface area contributed by atoms with E-state index in [0.29, 0.717) is 24.0 Å². The SMILES string of the molecule is CC(C(=O)c1ccccc1)C(C=S)CC(Br)(CC=S)C(=O)c1ccccc1. The van der Waals surface area contributed by atoms with Crippen LogP contribution >= 0.6 is 40.4 Å². The first kappa shape index (κ1) is 21.7. The predicted molar refractivity (Wildman–Crippen MR) is 122 cm³/mol. The number of carbonyl (C=O) groups is 2. The lowest BCUT2D eigenvalue weighted by molar-refractivity contribution is 0.0876. The largest absolute Gasteiger partial charge is 0.294 e. The molecule has 0 bridgehead atoms. The summed E-state index contributed by atoms with van der Waals surface area (Å²) < 4.78 is -0.888. The highest BCUT2D eigenvalue weighted by atomic mass is 79.9. The summed E-state index contributed by atoms with van der Waals surface area (Å²) in [5.74, 6) is -0.610. The van der Waals surface area contributed by atoms with E-state index >= 15 is 0 Å². The fraction of sp³-hybridized carbons (Fsp3) is 0.273. The van der Waals surface area contributed by atoms with Crippen LogP contribution < -0.4 is 0 Å². The van der Waals surface area contributed by atoms with Gasteiger partial charge in [-0.05, 0) is 29.5 Å². The summed E-state index contributed by atoms with van der Waals surface area (Å²) in [5, 5.41) is 3.16. The lowest BCUT2D eigenvalue weighted by atomic mass is 9.79. The average Bonchev–Trinajstić information content (AvgIpc) is 2.72.